The van der Waals surface area contributed by atoms with E-state index in [1.807, 2.05) is 38.1 Å². The van der Waals surface area contributed by atoms with E-state index >= 15 is 0 Å². The molecule has 1 aromatic carbocycles. The van der Waals surface area contributed by atoms with Gasteiger partial charge in [-0.05, 0) is 69.6 Å². The van der Waals surface area contributed by atoms with Gasteiger partial charge in [0.1, 0.15) is 6.10 Å². The molecule has 1 aliphatic heterocycles. The summed E-state index contributed by atoms with van der Waals surface area (Å²) in [6.07, 6.45) is 12.9. The van der Waals surface area contributed by atoms with Crippen LogP contribution in [-0.2, 0) is 19.1 Å². The fourth-order valence-corrected chi connectivity index (χ4v) is 4.32. The van der Waals surface area contributed by atoms with Gasteiger partial charge in [0.15, 0.2) is 0 Å². The van der Waals surface area contributed by atoms with Crippen LogP contribution in [0.4, 0.5) is 0 Å². The Morgan fingerprint density at radius 1 is 1.26 bits per heavy atom. The number of hydrogen-bond acceptors (Lipinski definition) is 5. The van der Waals surface area contributed by atoms with E-state index in [0.29, 0.717) is 12.8 Å². The molecule has 5 nitrogen and oxygen atoms in total. The Hall–Kier alpha value is -2.66. The van der Waals surface area contributed by atoms with Crippen molar-refractivity contribution in [3.8, 4) is 0 Å². The number of aryl methyl sites for hydroxylation is 1. The van der Waals surface area contributed by atoms with Crippen LogP contribution in [0.3, 0.4) is 0 Å². The van der Waals surface area contributed by atoms with E-state index in [2.05, 4.69) is 12.2 Å². The Labute approximate surface area is 184 Å². The number of aliphatic hydroxyl groups is 1. The molecule has 5 heteroatoms. The van der Waals surface area contributed by atoms with Crippen molar-refractivity contribution in [1.29, 1.82) is 0 Å². The lowest BCUT2D eigenvalue weighted by molar-refractivity contribution is -0.145. The molecule has 0 aromatic heterocycles. The second-order valence-electron chi connectivity index (χ2n) is 8.57. The number of hydrogen-bond donors (Lipinski definition) is 1. The zero-order chi connectivity index (χ0) is 22.2. The van der Waals surface area contributed by atoms with Crippen molar-refractivity contribution in [2.45, 2.75) is 64.3 Å². The van der Waals surface area contributed by atoms with E-state index in [-0.39, 0.29) is 17.9 Å². The van der Waals surface area contributed by atoms with Crippen LogP contribution < -0.4 is 0 Å². The lowest BCUT2D eigenvalue weighted by Gasteiger charge is -2.24. The minimum atomic E-state index is -0.620. The molecule has 1 saturated carbocycles. The summed E-state index contributed by atoms with van der Waals surface area (Å²) < 4.78 is 11.2. The maximum Gasteiger partial charge on any atom is 0.331 e. The third-order valence-electron chi connectivity index (χ3n) is 5.87. The van der Waals surface area contributed by atoms with Gasteiger partial charge in [-0.15, -0.1) is 0 Å². The predicted octanol–water partition coefficient (Wildman–Crippen LogP) is 4.54. The molecule has 5 atom stereocenters. The van der Waals surface area contributed by atoms with Gasteiger partial charge in [0.25, 0.3) is 0 Å². The van der Waals surface area contributed by atoms with Crippen LogP contribution in [0.1, 0.15) is 50.2 Å². The van der Waals surface area contributed by atoms with E-state index in [4.69, 9.17) is 9.47 Å². The van der Waals surface area contributed by atoms with Crippen LogP contribution in [0.2, 0.25) is 0 Å². The highest BCUT2D eigenvalue weighted by molar-refractivity contribution is 5.87. The molecule has 1 fully saturated rings. The Kier molecular flexibility index (Phi) is 8.24. The van der Waals surface area contributed by atoms with Gasteiger partial charge in [-0.2, -0.15) is 0 Å². The third kappa shape index (κ3) is 7.21. The van der Waals surface area contributed by atoms with Crippen molar-refractivity contribution in [2.75, 3.05) is 0 Å². The summed E-state index contributed by atoms with van der Waals surface area (Å²) in [5, 5.41) is 10.3. The van der Waals surface area contributed by atoms with Gasteiger partial charge in [-0.1, -0.05) is 42.0 Å². The maximum atomic E-state index is 12.6. The normalized spacial score (nSPS) is 31.6. The van der Waals surface area contributed by atoms with Gasteiger partial charge >= 0.3 is 11.9 Å². The molecule has 0 radical (unpaired) electrons. The lowest BCUT2D eigenvalue weighted by Crippen LogP contribution is -2.27. The average molecular weight is 425 g/mol. The molecule has 2 aliphatic rings. The Morgan fingerprint density at radius 2 is 2.10 bits per heavy atom. The maximum absolute atomic E-state index is 12.6. The molecule has 1 aliphatic carbocycles. The fourth-order valence-electron chi connectivity index (χ4n) is 4.32. The smallest absolute Gasteiger partial charge is 0.331 e. The van der Waals surface area contributed by atoms with E-state index in [9.17, 15) is 14.7 Å². The highest BCUT2D eigenvalue weighted by Gasteiger charge is 2.38. The van der Waals surface area contributed by atoms with Crippen LogP contribution in [0, 0.1) is 18.8 Å². The van der Waals surface area contributed by atoms with Crippen LogP contribution in [-0.4, -0.2) is 35.4 Å². The summed E-state index contributed by atoms with van der Waals surface area (Å²) in [5.74, 6) is -0.922. The van der Waals surface area contributed by atoms with Crippen LogP contribution in [0.25, 0.3) is 6.08 Å². The highest BCUT2D eigenvalue weighted by Crippen LogP contribution is 2.37. The Bertz CT molecular complexity index is 853. The lowest BCUT2D eigenvalue weighted by atomic mass is 9.89. The Morgan fingerprint density at radius 3 is 2.90 bits per heavy atom. The quantitative estimate of drug-likeness (QED) is 0.438. The van der Waals surface area contributed by atoms with E-state index < -0.39 is 24.1 Å². The summed E-state index contributed by atoms with van der Waals surface area (Å²) in [6, 6.07) is 7.82. The number of cyclic esters (lactones) is 1. The molecule has 0 bridgehead atoms. The SMILES string of the molecule is Cc1cccc(/C=C/C(=O)O[C@@H]2/C=C/C(=O)O[C@@H](C)CCC/C=C/[C@@H]3C[C@H](O)C[C@H]32)c1. The van der Waals surface area contributed by atoms with Crippen LogP contribution in [0.5, 0.6) is 0 Å². The minimum absolute atomic E-state index is 0.0902. The zero-order valence-corrected chi connectivity index (χ0v) is 18.3. The topological polar surface area (TPSA) is 72.8 Å². The summed E-state index contributed by atoms with van der Waals surface area (Å²) in [7, 11) is 0. The molecular weight excluding hydrogens is 392 g/mol. The van der Waals surface area contributed by atoms with Crippen molar-refractivity contribution in [1.82, 2.24) is 0 Å². The predicted molar refractivity (Wildman–Crippen MR) is 120 cm³/mol. The van der Waals surface area contributed by atoms with E-state index in [1.54, 1.807) is 12.2 Å². The largest absolute Gasteiger partial charge is 0.460 e. The molecule has 0 amide bonds. The number of allylic oxidation sites excluding steroid dienone is 2. The first kappa shape index (κ1) is 23.0. The molecule has 1 aromatic rings. The van der Waals surface area contributed by atoms with Gasteiger partial charge in [0, 0.05) is 18.1 Å². The van der Waals surface area contributed by atoms with Gasteiger partial charge in [-0.25, -0.2) is 9.59 Å². The van der Waals surface area contributed by atoms with Crippen molar-refractivity contribution >= 4 is 18.0 Å². The monoisotopic (exact) mass is 424 g/mol. The van der Waals surface area contributed by atoms with Crippen molar-refractivity contribution in [2.24, 2.45) is 11.8 Å². The number of carbonyl (C=O) groups is 2. The first-order valence-corrected chi connectivity index (χ1v) is 11.1. The van der Waals surface area contributed by atoms with Gasteiger partial charge < -0.3 is 14.6 Å². The van der Waals surface area contributed by atoms with Crippen LogP contribution in [0.15, 0.2) is 54.6 Å². The fraction of sp³-hybridized carbons (Fsp3) is 0.462. The molecule has 0 spiro atoms. The summed E-state index contributed by atoms with van der Waals surface area (Å²) in [4.78, 5) is 24.8. The number of ether oxygens (including phenoxy) is 2. The molecular formula is C26H32O5. The van der Waals surface area contributed by atoms with E-state index in [0.717, 1.165) is 30.4 Å². The molecule has 0 unspecified atom stereocenters. The number of rotatable bonds is 3. The first-order valence-electron chi connectivity index (χ1n) is 11.1. The van der Waals surface area contributed by atoms with Crippen LogP contribution >= 0.6 is 0 Å². The number of aliphatic hydroxyl groups excluding tert-OH is 1. The molecule has 166 valence electrons. The second kappa shape index (κ2) is 11.1. The molecule has 1 heterocycles. The summed E-state index contributed by atoms with van der Waals surface area (Å²) >= 11 is 0. The molecule has 0 saturated heterocycles. The number of carbonyl (C=O) groups excluding carboxylic acids is 2. The summed E-state index contributed by atoms with van der Waals surface area (Å²) in [6.45, 7) is 3.88. The highest BCUT2D eigenvalue weighted by atomic mass is 16.5. The van der Waals surface area contributed by atoms with Gasteiger partial charge in [0.2, 0.25) is 0 Å². The Balaban J connectivity index is 1.78. The minimum Gasteiger partial charge on any atom is -0.460 e. The van der Waals surface area contributed by atoms with Crippen molar-refractivity contribution < 1.29 is 24.2 Å². The van der Waals surface area contributed by atoms with Gasteiger partial charge in [0.05, 0.1) is 12.2 Å². The molecule has 1 N–H and O–H groups in total. The van der Waals surface area contributed by atoms with E-state index in [1.165, 1.54) is 12.2 Å². The molecule has 3 rings (SSSR count). The average Bonchev–Trinajstić information content (AvgIpc) is 3.09. The number of benzene rings is 1. The van der Waals surface area contributed by atoms with Gasteiger partial charge in [-0.3, -0.25) is 0 Å². The van der Waals surface area contributed by atoms with Crippen molar-refractivity contribution in [3.05, 3.63) is 65.8 Å². The van der Waals surface area contributed by atoms with Crippen molar-refractivity contribution in [3.63, 3.8) is 0 Å². The second-order valence-corrected chi connectivity index (χ2v) is 8.57. The third-order valence-corrected chi connectivity index (χ3v) is 5.87. The standard InChI is InChI=1S/C26H32O5/c1-18-7-6-9-20(15-18)11-13-26(29)31-24-12-14-25(28)30-19(2)8-4-3-5-10-21-16-22(27)17-23(21)24/h5-7,9-15,19,21-24,27H,3-4,8,16-17H2,1-2H3/b10-5+,13-11+,14-12+/t19-,21+,22-,23+,24+/m0/s1. The zero-order valence-electron chi connectivity index (χ0n) is 18.3. The first-order chi connectivity index (χ1) is 14.9. The molecule has 31 heavy (non-hydrogen) atoms. The summed E-state index contributed by atoms with van der Waals surface area (Å²) in [5.41, 5.74) is 2.02. The number of esters is 2. The number of fused-ring (bicyclic) bond motifs is 1.